The number of carbonyl (C=O) groups is 2. The smallest absolute Gasteiger partial charge is 0.276 e. The van der Waals surface area contributed by atoms with Gasteiger partial charge in [0.05, 0.1) is 20.0 Å². The highest BCUT2D eigenvalue weighted by atomic mass is 19.1. The molecule has 2 aliphatic heterocycles. The molecule has 158 valence electrons. The molecule has 3 heterocycles. The number of carbonyl (C=O) groups excluding carboxylic acids is 2. The van der Waals surface area contributed by atoms with Crippen molar-refractivity contribution in [3.8, 4) is 5.75 Å². The van der Waals surface area contributed by atoms with Gasteiger partial charge in [-0.3, -0.25) is 14.4 Å². The fourth-order valence-electron chi connectivity index (χ4n) is 3.00. The van der Waals surface area contributed by atoms with Gasteiger partial charge < -0.3 is 24.6 Å². The largest absolute Gasteiger partial charge is 0.503 e. The lowest BCUT2D eigenvalue weighted by atomic mass is 10.1. The van der Waals surface area contributed by atoms with Crippen molar-refractivity contribution in [3.63, 3.8) is 0 Å². The number of nitrogens with one attached hydrogen (secondary N) is 1. The Labute approximate surface area is 183 Å². The number of hydrogen-bond acceptors (Lipinski definition) is 5. The van der Waals surface area contributed by atoms with E-state index in [1.165, 1.54) is 0 Å². The molecule has 0 saturated carbocycles. The van der Waals surface area contributed by atoms with Gasteiger partial charge in [-0.25, -0.2) is 8.78 Å². The molecule has 8 nitrogen and oxygen atoms in total. The van der Waals surface area contributed by atoms with Crippen LogP contribution >= 0.6 is 0 Å². The molecule has 0 unspecified atom stereocenters. The van der Waals surface area contributed by atoms with Gasteiger partial charge in [0.15, 0.2) is 17.7 Å². The second-order valence-corrected chi connectivity index (χ2v) is 6.25. The Morgan fingerprint density at radius 1 is 1.50 bits per heavy atom. The molecule has 4 rings (SSSR count). The standard InChI is InChI=1S/C20H19F2N3O5/c1-10-4-5-30-15-9-24-8-13(17(26)18(27)16(24)20(29)25(10)15)19(28)23-7-11-2-3-12(21)6-14(11)22/h2-3,6,8,10,15,27H,4-5,7,9H2,1H3,(H,23,28)/t10-,15+/m1/s1/i1D3,4D2,5D2,7D2,10D. The highest BCUT2D eigenvalue weighted by Gasteiger charge is 2.41. The van der Waals surface area contributed by atoms with E-state index < -0.39 is 96.5 Å². The van der Waals surface area contributed by atoms with Gasteiger partial charge in [0.2, 0.25) is 5.43 Å². The monoisotopic (exact) mass is 429 g/mol. The maximum Gasteiger partial charge on any atom is 0.276 e. The lowest BCUT2D eigenvalue weighted by Gasteiger charge is -2.44. The van der Waals surface area contributed by atoms with Crippen LogP contribution in [0.4, 0.5) is 8.78 Å². The number of pyridine rings is 1. The number of fused-ring (bicyclic) bond motifs is 2. The molecule has 1 saturated heterocycles. The molecule has 30 heavy (non-hydrogen) atoms. The lowest BCUT2D eigenvalue weighted by Crippen LogP contribution is -2.57. The third-order valence-corrected chi connectivity index (χ3v) is 4.41. The van der Waals surface area contributed by atoms with Crippen molar-refractivity contribution in [2.75, 3.05) is 6.56 Å². The van der Waals surface area contributed by atoms with Crippen molar-refractivity contribution in [1.82, 2.24) is 14.8 Å². The number of halogens is 2. The number of hydrogen-bond donors (Lipinski definition) is 2. The molecular weight excluding hydrogens is 400 g/mol. The molecule has 2 N–H and O–H groups in total. The van der Waals surface area contributed by atoms with Crippen LogP contribution in [0.2, 0.25) is 0 Å². The Bertz CT molecular complexity index is 1500. The predicted molar refractivity (Wildman–Crippen MR) is 99.9 cm³/mol. The molecule has 0 bridgehead atoms. The second kappa shape index (κ2) is 7.52. The van der Waals surface area contributed by atoms with E-state index in [4.69, 9.17) is 18.4 Å². The molecule has 0 aliphatic carbocycles. The van der Waals surface area contributed by atoms with Gasteiger partial charge in [-0.05, 0) is 19.3 Å². The molecular formula is C20H19F2N3O5. The Morgan fingerprint density at radius 3 is 3.03 bits per heavy atom. The van der Waals surface area contributed by atoms with Crippen molar-refractivity contribution in [2.45, 2.75) is 38.5 Å². The normalized spacial score (nSPS) is 32.1. The first-order valence-electron chi connectivity index (χ1n) is 13.3. The Balaban J connectivity index is 1.80. The van der Waals surface area contributed by atoms with E-state index in [0.29, 0.717) is 22.9 Å². The molecule has 1 aromatic carbocycles. The molecule has 2 aromatic rings. The highest BCUT2D eigenvalue weighted by Crippen LogP contribution is 2.29. The van der Waals surface area contributed by atoms with Crippen molar-refractivity contribution in [2.24, 2.45) is 0 Å². The minimum Gasteiger partial charge on any atom is -0.503 e. The Hall–Kier alpha value is -3.27. The summed E-state index contributed by atoms with van der Waals surface area (Å²) in [6, 6.07) is -1.83. The number of aromatic hydroxyl groups is 1. The number of amides is 2. The topological polar surface area (TPSA) is 101 Å². The first kappa shape index (κ1) is 11.2. The zero-order chi connectivity index (χ0) is 30.4. The third kappa shape index (κ3) is 3.32. The minimum atomic E-state index is -3.67. The van der Waals surface area contributed by atoms with E-state index in [0.717, 1.165) is 6.07 Å². The average molecular weight is 429 g/mol. The van der Waals surface area contributed by atoms with Crippen molar-refractivity contribution >= 4 is 11.8 Å². The lowest BCUT2D eigenvalue weighted by molar-refractivity contribution is -0.112. The first-order chi connectivity index (χ1) is 18.1. The number of ether oxygens (including phenoxy) is 1. The van der Waals surface area contributed by atoms with E-state index in [-0.39, 0.29) is 4.90 Å². The zero-order valence-corrected chi connectivity index (χ0v) is 14.8. The third-order valence-electron chi connectivity index (χ3n) is 4.41. The first-order valence-corrected chi connectivity index (χ1v) is 8.34. The molecule has 1 aromatic heterocycles. The average Bonchev–Trinajstić information content (AvgIpc) is 2.78. The molecule has 0 radical (unpaired) electrons. The fraction of sp³-hybridized carbons (Fsp3) is 0.350. The van der Waals surface area contributed by atoms with Gasteiger partial charge in [-0.2, -0.15) is 0 Å². The zero-order valence-electron chi connectivity index (χ0n) is 24.8. The van der Waals surface area contributed by atoms with E-state index >= 15 is 0 Å². The maximum absolute atomic E-state index is 14.1. The molecule has 1 fully saturated rings. The molecule has 0 spiro atoms. The maximum atomic E-state index is 14.1. The summed E-state index contributed by atoms with van der Waals surface area (Å²) < 4.78 is 113. The summed E-state index contributed by atoms with van der Waals surface area (Å²) in [5.41, 5.74) is -4.34. The van der Waals surface area contributed by atoms with Crippen LogP contribution < -0.4 is 10.7 Å². The summed E-state index contributed by atoms with van der Waals surface area (Å²) in [4.78, 5) is 39.1. The van der Waals surface area contributed by atoms with Gasteiger partial charge in [0.1, 0.15) is 17.2 Å². The van der Waals surface area contributed by atoms with E-state index in [2.05, 4.69) is 0 Å². The van der Waals surface area contributed by atoms with Gasteiger partial charge in [0.25, 0.3) is 11.8 Å². The summed E-state index contributed by atoms with van der Waals surface area (Å²) in [6.45, 7) is -10.9. The summed E-state index contributed by atoms with van der Waals surface area (Å²) >= 11 is 0. The van der Waals surface area contributed by atoms with Gasteiger partial charge >= 0.3 is 0 Å². The molecule has 2 atom stereocenters. The van der Waals surface area contributed by atoms with Crippen molar-refractivity contribution in [1.29, 1.82) is 0 Å². The minimum absolute atomic E-state index is 0.0610. The van der Waals surface area contributed by atoms with Crippen LogP contribution in [0.1, 0.15) is 53.3 Å². The highest BCUT2D eigenvalue weighted by molar-refractivity contribution is 5.99. The summed E-state index contributed by atoms with van der Waals surface area (Å²) in [6.07, 6.45) is -4.99. The van der Waals surface area contributed by atoms with Crippen LogP contribution in [0.5, 0.6) is 5.75 Å². The summed E-state index contributed by atoms with van der Waals surface area (Å²) in [7, 11) is 0. The second-order valence-electron chi connectivity index (χ2n) is 6.25. The Kier molecular flexibility index (Phi) is 2.81. The van der Waals surface area contributed by atoms with Crippen LogP contribution in [0, 0.1) is 11.6 Å². The van der Waals surface area contributed by atoms with E-state index in [1.54, 1.807) is 5.32 Å². The fourth-order valence-corrected chi connectivity index (χ4v) is 3.00. The van der Waals surface area contributed by atoms with Crippen LogP contribution in [-0.2, 0) is 17.8 Å². The van der Waals surface area contributed by atoms with Gasteiger partial charge in [-0.1, -0.05) is 6.07 Å². The van der Waals surface area contributed by atoms with Crippen LogP contribution in [0.3, 0.4) is 0 Å². The van der Waals surface area contributed by atoms with E-state index in [1.807, 2.05) is 0 Å². The molecule has 10 heteroatoms. The van der Waals surface area contributed by atoms with Crippen molar-refractivity contribution in [3.05, 3.63) is 63.1 Å². The quantitative estimate of drug-likeness (QED) is 0.767. The summed E-state index contributed by atoms with van der Waals surface area (Å²) in [5, 5.41) is 12.3. The number of rotatable bonds is 3. The molecule has 2 aliphatic rings. The van der Waals surface area contributed by atoms with E-state index in [9.17, 15) is 28.3 Å². The van der Waals surface area contributed by atoms with Gasteiger partial charge in [0, 0.05) is 37.2 Å². The van der Waals surface area contributed by atoms with Crippen LogP contribution in [-0.4, -0.2) is 45.2 Å². The number of nitrogens with zero attached hydrogens (tertiary/aromatic N) is 2. The van der Waals surface area contributed by atoms with Gasteiger partial charge in [-0.15, -0.1) is 0 Å². The molecule has 2 amide bonds. The van der Waals surface area contributed by atoms with Crippen molar-refractivity contribution < 1.29 is 41.9 Å². The van der Waals surface area contributed by atoms with Crippen LogP contribution in [0.25, 0.3) is 0 Å². The Morgan fingerprint density at radius 2 is 2.30 bits per heavy atom. The number of benzene rings is 1. The summed E-state index contributed by atoms with van der Waals surface area (Å²) in [5.74, 6) is -6.97. The van der Waals surface area contributed by atoms with Crippen LogP contribution in [0.15, 0.2) is 29.2 Å². The number of aromatic nitrogens is 1. The SMILES string of the molecule is [2H]C([2H])(NC(=O)c1cn2c(c(O)c1=O)C(=O)N1[C@H](C2)OC([2H])([2H])C([2H])([2H])[C@@]1([2H])C([2H])([2H])[2H])c1ccc(F)cc1F. The predicted octanol–water partition coefficient (Wildman–Crippen LogP) is 1.35.